The molecule has 0 rings (SSSR count). The summed E-state index contributed by atoms with van der Waals surface area (Å²) in [6, 6.07) is 0. The third-order valence-corrected chi connectivity index (χ3v) is 0.552. The molecule has 0 bridgehead atoms. The third-order valence-electron chi connectivity index (χ3n) is 0.552. The van der Waals surface area contributed by atoms with Gasteiger partial charge in [-0.15, -0.1) is 0 Å². The van der Waals surface area contributed by atoms with E-state index in [0.29, 0.717) is 0 Å². The summed E-state index contributed by atoms with van der Waals surface area (Å²) >= 11 is 0. The first-order chi connectivity index (χ1) is 3.77. The molecule has 0 aromatic heterocycles. The van der Waals surface area contributed by atoms with Crippen molar-refractivity contribution in [2.75, 3.05) is 13.4 Å². The van der Waals surface area contributed by atoms with Crippen LogP contribution in [-0.4, -0.2) is 29.6 Å². The third kappa shape index (κ3) is 5.39. The zero-order chi connectivity index (χ0) is 6.41. The van der Waals surface area contributed by atoms with Crippen molar-refractivity contribution in [3.63, 3.8) is 0 Å². The van der Waals surface area contributed by atoms with Crippen LogP contribution in [0.2, 0.25) is 0 Å². The van der Waals surface area contributed by atoms with Gasteiger partial charge in [0.2, 0.25) is 0 Å². The molecule has 48 valence electrons. The summed E-state index contributed by atoms with van der Waals surface area (Å²) in [6.45, 7) is -0.334. The van der Waals surface area contributed by atoms with Gasteiger partial charge < -0.3 is 14.9 Å². The van der Waals surface area contributed by atoms with E-state index in [0.717, 1.165) is 0 Å². The number of aliphatic hydroxyl groups is 1. The Balaban J connectivity index is 2.82. The van der Waals surface area contributed by atoms with Gasteiger partial charge in [0, 0.05) is 0 Å². The van der Waals surface area contributed by atoms with Gasteiger partial charge in [0.25, 0.3) is 0 Å². The number of aliphatic carboxylic acids is 1. The molecule has 8 heavy (non-hydrogen) atoms. The van der Waals surface area contributed by atoms with E-state index in [1.165, 1.54) is 0 Å². The van der Waals surface area contributed by atoms with Crippen LogP contribution in [-0.2, 0) is 9.53 Å². The van der Waals surface area contributed by atoms with E-state index in [9.17, 15) is 4.79 Å². The lowest BCUT2D eigenvalue weighted by Crippen LogP contribution is -2.02. The summed E-state index contributed by atoms with van der Waals surface area (Å²) in [5.41, 5.74) is 0. The molecule has 0 aliphatic carbocycles. The minimum absolute atomic E-state index is 0.0550. The fourth-order valence-electron chi connectivity index (χ4n) is 0.224. The Morgan fingerprint density at radius 2 is 2.25 bits per heavy atom. The average molecular weight is 120 g/mol. The number of carbonyl (C=O) groups is 1. The average Bonchev–Trinajstić information content (AvgIpc) is 1.66. The van der Waals surface area contributed by atoms with Crippen LogP contribution in [0.3, 0.4) is 0 Å². The van der Waals surface area contributed by atoms with E-state index in [2.05, 4.69) is 4.74 Å². The molecule has 0 aromatic carbocycles. The quantitative estimate of drug-likeness (QED) is 0.385. The van der Waals surface area contributed by atoms with Crippen LogP contribution in [0.5, 0.6) is 0 Å². The van der Waals surface area contributed by atoms with Crippen molar-refractivity contribution in [3.05, 3.63) is 0 Å². The van der Waals surface area contributed by atoms with Gasteiger partial charge in [0.15, 0.2) is 0 Å². The maximum absolute atomic E-state index is 9.71. The Bertz CT molecular complexity index is 70.4. The van der Waals surface area contributed by atoms with Crippen LogP contribution in [0, 0.1) is 0 Å². The fraction of sp³-hybridized carbons (Fsp3) is 0.750. The molecule has 0 unspecified atom stereocenters. The fourth-order valence-corrected chi connectivity index (χ4v) is 0.224. The highest BCUT2D eigenvalue weighted by Crippen LogP contribution is 1.78. The van der Waals surface area contributed by atoms with Crippen molar-refractivity contribution in [1.29, 1.82) is 0 Å². The van der Waals surface area contributed by atoms with Crippen LogP contribution in [0.4, 0.5) is 0 Å². The van der Waals surface area contributed by atoms with Crippen LogP contribution in [0.1, 0.15) is 6.42 Å². The lowest BCUT2D eigenvalue weighted by molar-refractivity contribution is -0.138. The van der Waals surface area contributed by atoms with Crippen LogP contribution < -0.4 is 0 Å². The first-order valence-corrected chi connectivity index (χ1v) is 2.17. The van der Waals surface area contributed by atoms with E-state index in [4.69, 9.17) is 10.2 Å². The van der Waals surface area contributed by atoms with E-state index >= 15 is 0 Å². The molecule has 4 heteroatoms. The van der Waals surface area contributed by atoms with Crippen molar-refractivity contribution >= 4 is 5.97 Å². The molecule has 4 nitrogen and oxygen atoms in total. The van der Waals surface area contributed by atoms with E-state index in [-0.39, 0.29) is 13.0 Å². The Morgan fingerprint density at radius 1 is 1.62 bits per heavy atom. The Labute approximate surface area is 46.7 Å². The summed E-state index contributed by atoms with van der Waals surface area (Å²) in [5, 5.41) is 15.9. The molecule has 0 saturated heterocycles. The minimum atomic E-state index is -0.918. The number of rotatable bonds is 4. The molecule has 0 amide bonds. The summed E-state index contributed by atoms with van der Waals surface area (Å²) in [4.78, 5) is 9.71. The number of carboxylic acid groups (broad SMARTS) is 1. The van der Waals surface area contributed by atoms with E-state index in [1.807, 2.05) is 0 Å². The SMILES string of the molecule is O=C(O)CCOCO. The Kier molecular flexibility index (Phi) is 4.20. The molecule has 0 fully saturated rings. The highest BCUT2D eigenvalue weighted by atomic mass is 16.6. The maximum Gasteiger partial charge on any atom is 0.305 e. The highest BCUT2D eigenvalue weighted by molar-refractivity contribution is 5.66. The van der Waals surface area contributed by atoms with Crippen molar-refractivity contribution < 1.29 is 19.7 Å². The van der Waals surface area contributed by atoms with E-state index < -0.39 is 12.8 Å². The molecule has 0 saturated carbocycles. The van der Waals surface area contributed by atoms with Gasteiger partial charge in [-0.05, 0) is 0 Å². The van der Waals surface area contributed by atoms with Gasteiger partial charge in [-0.25, -0.2) is 0 Å². The van der Waals surface area contributed by atoms with Gasteiger partial charge in [-0.3, -0.25) is 4.79 Å². The predicted octanol–water partition coefficient (Wildman–Crippen LogP) is -0.572. The van der Waals surface area contributed by atoms with Crippen molar-refractivity contribution in [2.24, 2.45) is 0 Å². The molecular weight excluding hydrogens is 112 g/mol. The monoisotopic (exact) mass is 120 g/mol. The maximum atomic E-state index is 9.71. The summed E-state index contributed by atoms with van der Waals surface area (Å²) in [6.07, 6.45) is -0.0550. The second kappa shape index (κ2) is 4.55. The lowest BCUT2D eigenvalue weighted by Gasteiger charge is -1.93. The largest absolute Gasteiger partial charge is 0.481 e. The number of hydrogen-bond donors (Lipinski definition) is 2. The predicted molar refractivity (Wildman–Crippen MR) is 25.3 cm³/mol. The second-order valence-corrected chi connectivity index (χ2v) is 1.18. The van der Waals surface area contributed by atoms with Crippen molar-refractivity contribution in [1.82, 2.24) is 0 Å². The van der Waals surface area contributed by atoms with Gasteiger partial charge in [-0.1, -0.05) is 0 Å². The van der Waals surface area contributed by atoms with Crippen LogP contribution >= 0.6 is 0 Å². The van der Waals surface area contributed by atoms with Crippen molar-refractivity contribution in [2.45, 2.75) is 6.42 Å². The zero-order valence-corrected chi connectivity index (χ0v) is 4.33. The highest BCUT2D eigenvalue weighted by Gasteiger charge is 1.93. The molecule has 0 spiro atoms. The van der Waals surface area contributed by atoms with Gasteiger partial charge in [0.05, 0.1) is 13.0 Å². The number of aliphatic hydroxyl groups excluding tert-OH is 1. The number of carboxylic acids is 1. The van der Waals surface area contributed by atoms with E-state index in [1.54, 1.807) is 0 Å². The van der Waals surface area contributed by atoms with Crippen molar-refractivity contribution in [3.8, 4) is 0 Å². The Morgan fingerprint density at radius 3 is 2.62 bits per heavy atom. The van der Waals surface area contributed by atoms with Crippen LogP contribution in [0.15, 0.2) is 0 Å². The molecule has 0 radical (unpaired) electrons. The zero-order valence-electron chi connectivity index (χ0n) is 4.33. The molecule has 2 N–H and O–H groups in total. The van der Waals surface area contributed by atoms with Gasteiger partial charge >= 0.3 is 5.97 Å². The lowest BCUT2D eigenvalue weighted by atomic mass is 10.5. The smallest absolute Gasteiger partial charge is 0.305 e. The minimum Gasteiger partial charge on any atom is -0.481 e. The molecule has 0 atom stereocenters. The number of ether oxygens (including phenoxy) is 1. The second-order valence-electron chi connectivity index (χ2n) is 1.18. The first-order valence-electron chi connectivity index (χ1n) is 2.17. The van der Waals surface area contributed by atoms with Gasteiger partial charge in [-0.2, -0.15) is 0 Å². The normalized spacial score (nSPS) is 9.12. The molecular formula is C4H8O4. The first kappa shape index (κ1) is 7.39. The standard InChI is InChI=1S/C4H8O4/c5-3-8-2-1-4(6)7/h5H,1-3H2,(H,6,7). The molecule has 0 aliphatic heterocycles. The molecule has 0 aliphatic rings. The summed E-state index contributed by atoms with van der Waals surface area (Å²) in [5.74, 6) is -0.918. The van der Waals surface area contributed by atoms with Gasteiger partial charge in [0.1, 0.15) is 6.79 Å². The Hall–Kier alpha value is -0.610. The summed E-state index contributed by atoms with van der Waals surface area (Å²) in [7, 11) is 0. The molecule has 0 heterocycles. The van der Waals surface area contributed by atoms with Crippen LogP contribution in [0.25, 0.3) is 0 Å². The number of hydrogen-bond acceptors (Lipinski definition) is 3. The summed E-state index contributed by atoms with van der Waals surface area (Å²) < 4.78 is 4.32. The topological polar surface area (TPSA) is 66.8 Å². The molecule has 0 aromatic rings.